The summed E-state index contributed by atoms with van der Waals surface area (Å²) in [4.78, 5) is 0. The summed E-state index contributed by atoms with van der Waals surface area (Å²) in [6.07, 6.45) is 1.42. The number of benzene rings is 2. The number of fused-ring (bicyclic) bond motifs is 1. The lowest BCUT2D eigenvalue weighted by molar-refractivity contribution is 0.450. The van der Waals surface area contributed by atoms with Gasteiger partial charge in [-0.15, -0.1) is 15.3 Å². The zero-order valence-corrected chi connectivity index (χ0v) is 14.5. The first-order chi connectivity index (χ1) is 13.1. The molecule has 0 fully saturated rings. The highest BCUT2D eigenvalue weighted by Gasteiger charge is 2.10. The standard InChI is InChI=1S/C18H13ClN6O2/c19-13-4-1-11(2-5-13)18-23-22-17-8-7-16(24-25(17)18)21-20-10-12-3-6-14(26)9-15(12)27/h1-10,26-27H,(H,21,24)/b20-10-. The fourth-order valence-electron chi connectivity index (χ4n) is 2.44. The minimum absolute atomic E-state index is 0.0212. The predicted octanol–water partition coefficient (Wildman–Crippen LogP) is 3.30. The van der Waals surface area contributed by atoms with E-state index < -0.39 is 0 Å². The van der Waals surface area contributed by atoms with Gasteiger partial charge in [-0.3, -0.25) is 5.43 Å². The number of aromatic hydroxyl groups is 2. The van der Waals surface area contributed by atoms with Gasteiger partial charge in [0.25, 0.3) is 0 Å². The zero-order chi connectivity index (χ0) is 18.8. The number of rotatable bonds is 4. The molecule has 4 rings (SSSR count). The minimum Gasteiger partial charge on any atom is -0.508 e. The van der Waals surface area contributed by atoms with Crippen LogP contribution in [0.1, 0.15) is 5.56 Å². The first-order valence-electron chi connectivity index (χ1n) is 7.89. The number of anilines is 1. The third-order valence-corrected chi connectivity index (χ3v) is 4.01. The second-order valence-corrected chi connectivity index (χ2v) is 6.07. The van der Waals surface area contributed by atoms with Crippen molar-refractivity contribution in [3.05, 3.63) is 65.2 Å². The first kappa shape index (κ1) is 16.8. The fourth-order valence-corrected chi connectivity index (χ4v) is 2.56. The minimum atomic E-state index is -0.0761. The quantitative estimate of drug-likeness (QED) is 0.370. The van der Waals surface area contributed by atoms with Gasteiger partial charge in [-0.25, -0.2) is 0 Å². The lowest BCUT2D eigenvalue weighted by Crippen LogP contribution is -2.00. The third-order valence-electron chi connectivity index (χ3n) is 3.76. The van der Waals surface area contributed by atoms with E-state index in [9.17, 15) is 10.2 Å². The SMILES string of the molecule is Oc1ccc(/C=N\Nc2ccc3nnc(-c4ccc(Cl)cc4)n3n2)c(O)c1. The summed E-state index contributed by atoms with van der Waals surface area (Å²) in [5, 5.41) is 36.5. The van der Waals surface area contributed by atoms with Crippen molar-refractivity contribution in [2.75, 3.05) is 5.43 Å². The number of hydrogen-bond acceptors (Lipinski definition) is 7. The highest BCUT2D eigenvalue weighted by atomic mass is 35.5. The number of nitrogens with one attached hydrogen (secondary N) is 1. The van der Waals surface area contributed by atoms with Crippen LogP contribution < -0.4 is 5.43 Å². The van der Waals surface area contributed by atoms with Crippen LogP contribution in [0.4, 0.5) is 5.82 Å². The van der Waals surface area contributed by atoms with Gasteiger partial charge in [0.05, 0.1) is 6.21 Å². The molecule has 27 heavy (non-hydrogen) atoms. The maximum absolute atomic E-state index is 9.76. The van der Waals surface area contributed by atoms with Crippen molar-refractivity contribution in [2.45, 2.75) is 0 Å². The Hall–Kier alpha value is -3.65. The average Bonchev–Trinajstić information content (AvgIpc) is 3.07. The molecule has 2 aromatic heterocycles. The number of phenols is 2. The monoisotopic (exact) mass is 380 g/mol. The van der Waals surface area contributed by atoms with Gasteiger partial charge < -0.3 is 10.2 Å². The van der Waals surface area contributed by atoms with E-state index in [2.05, 4.69) is 25.8 Å². The summed E-state index contributed by atoms with van der Waals surface area (Å²) in [5.74, 6) is 0.942. The zero-order valence-electron chi connectivity index (χ0n) is 13.8. The van der Waals surface area contributed by atoms with Crippen LogP contribution in [-0.2, 0) is 0 Å². The topological polar surface area (TPSA) is 108 Å². The predicted molar refractivity (Wildman–Crippen MR) is 102 cm³/mol. The largest absolute Gasteiger partial charge is 0.508 e. The van der Waals surface area contributed by atoms with Crippen LogP contribution in [0.3, 0.4) is 0 Å². The van der Waals surface area contributed by atoms with Crippen LogP contribution in [-0.4, -0.2) is 36.2 Å². The molecule has 0 aliphatic heterocycles. The van der Waals surface area contributed by atoms with Crippen LogP contribution in [0.15, 0.2) is 59.7 Å². The second-order valence-electron chi connectivity index (χ2n) is 5.63. The lowest BCUT2D eigenvalue weighted by atomic mass is 10.2. The summed E-state index contributed by atoms with van der Waals surface area (Å²) in [7, 11) is 0. The molecule has 2 aromatic carbocycles. The van der Waals surface area contributed by atoms with Gasteiger partial charge in [0, 0.05) is 22.2 Å². The number of phenolic OH excluding ortho intramolecular Hbond substituents is 2. The molecular weight excluding hydrogens is 368 g/mol. The number of hydrazone groups is 1. The van der Waals surface area contributed by atoms with E-state index in [-0.39, 0.29) is 11.5 Å². The number of halogens is 1. The maximum Gasteiger partial charge on any atom is 0.185 e. The van der Waals surface area contributed by atoms with Crippen molar-refractivity contribution >= 4 is 29.3 Å². The molecule has 0 spiro atoms. The molecule has 4 aromatic rings. The molecule has 0 saturated carbocycles. The molecule has 8 nitrogen and oxygen atoms in total. The Balaban J connectivity index is 1.60. The van der Waals surface area contributed by atoms with Crippen molar-refractivity contribution in [2.24, 2.45) is 5.10 Å². The molecule has 0 aliphatic carbocycles. The van der Waals surface area contributed by atoms with E-state index in [1.54, 1.807) is 34.8 Å². The highest BCUT2D eigenvalue weighted by molar-refractivity contribution is 6.30. The number of nitrogens with zero attached hydrogens (tertiary/aromatic N) is 5. The molecule has 0 bridgehead atoms. The Kier molecular flexibility index (Phi) is 4.31. The molecule has 134 valence electrons. The van der Waals surface area contributed by atoms with E-state index in [1.165, 1.54) is 18.3 Å². The van der Waals surface area contributed by atoms with Crippen molar-refractivity contribution in [1.82, 2.24) is 19.8 Å². The number of aromatic nitrogens is 4. The first-order valence-corrected chi connectivity index (χ1v) is 8.27. The van der Waals surface area contributed by atoms with E-state index in [4.69, 9.17) is 11.6 Å². The second kappa shape index (κ2) is 6.93. The van der Waals surface area contributed by atoms with Crippen LogP contribution in [0.2, 0.25) is 5.02 Å². The lowest BCUT2D eigenvalue weighted by Gasteiger charge is -2.03. The average molecular weight is 381 g/mol. The van der Waals surface area contributed by atoms with Crippen LogP contribution in [0.5, 0.6) is 11.5 Å². The summed E-state index contributed by atoms with van der Waals surface area (Å²) in [6.45, 7) is 0. The van der Waals surface area contributed by atoms with Gasteiger partial charge in [0.2, 0.25) is 0 Å². The van der Waals surface area contributed by atoms with Crippen LogP contribution >= 0.6 is 11.6 Å². The molecule has 0 atom stereocenters. The van der Waals surface area contributed by atoms with Gasteiger partial charge in [-0.1, -0.05) is 11.6 Å². The molecule has 0 saturated heterocycles. The van der Waals surface area contributed by atoms with Crippen molar-refractivity contribution in [1.29, 1.82) is 0 Å². The Morgan fingerprint density at radius 1 is 1.00 bits per heavy atom. The van der Waals surface area contributed by atoms with Gasteiger partial charge in [0.15, 0.2) is 17.3 Å². The molecule has 0 radical (unpaired) electrons. The molecule has 2 heterocycles. The number of hydrogen-bond donors (Lipinski definition) is 3. The summed E-state index contributed by atoms with van der Waals surface area (Å²) in [6, 6.07) is 14.9. The molecule has 9 heteroatoms. The van der Waals surface area contributed by atoms with Gasteiger partial charge in [-0.2, -0.15) is 9.62 Å². The van der Waals surface area contributed by atoms with Crippen LogP contribution in [0, 0.1) is 0 Å². The summed E-state index contributed by atoms with van der Waals surface area (Å²) >= 11 is 5.93. The fraction of sp³-hybridized carbons (Fsp3) is 0. The molecular formula is C18H13ClN6O2. The smallest absolute Gasteiger partial charge is 0.185 e. The van der Waals surface area contributed by atoms with E-state index in [0.717, 1.165) is 5.56 Å². The van der Waals surface area contributed by atoms with Crippen LogP contribution in [0.25, 0.3) is 17.0 Å². The Morgan fingerprint density at radius 3 is 2.59 bits per heavy atom. The Morgan fingerprint density at radius 2 is 1.81 bits per heavy atom. The van der Waals surface area contributed by atoms with Gasteiger partial charge >= 0.3 is 0 Å². The van der Waals surface area contributed by atoms with Crippen molar-refractivity contribution < 1.29 is 10.2 Å². The highest BCUT2D eigenvalue weighted by Crippen LogP contribution is 2.22. The van der Waals surface area contributed by atoms with Gasteiger partial charge in [-0.05, 0) is 48.5 Å². The van der Waals surface area contributed by atoms with Crippen molar-refractivity contribution in [3.63, 3.8) is 0 Å². The molecule has 0 unspecified atom stereocenters. The molecule has 0 amide bonds. The normalized spacial score (nSPS) is 11.3. The molecule has 3 N–H and O–H groups in total. The Bertz CT molecular complexity index is 1140. The summed E-state index contributed by atoms with van der Waals surface area (Å²) < 4.78 is 1.60. The van der Waals surface area contributed by atoms with Crippen molar-refractivity contribution in [3.8, 4) is 22.9 Å². The van der Waals surface area contributed by atoms with Gasteiger partial charge in [0.1, 0.15) is 11.5 Å². The Labute approximate surface area is 158 Å². The van der Waals surface area contributed by atoms with E-state index in [0.29, 0.717) is 27.9 Å². The van der Waals surface area contributed by atoms with E-state index >= 15 is 0 Å². The molecule has 0 aliphatic rings. The van der Waals surface area contributed by atoms with E-state index in [1.807, 2.05) is 12.1 Å². The summed E-state index contributed by atoms with van der Waals surface area (Å²) in [5.41, 5.74) is 4.66. The maximum atomic E-state index is 9.76. The third kappa shape index (κ3) is 3.51.